The molecule has 0 atom stereocenters. The Balaban J connectivity index is 1.75. The number of azo groups is 1. The molecule has 2 heterocycles. The van der Waals surface area contributed by atoms with Crippen LogP contribution in [0.1, 0.15) is 46.4 Å². The number of aliphatic carboxylic acids is 2. The average molecular weight is 763 g/mol. The number of carboxylic acids is 2. The minimum Gasteiger partial charge on any atom is -0.487 e. The SMILES string of the molecule is O=C(O)CCC(=O)c1cc2c(cc1N=Nc1cc3c(cc1C(=O)CCC(=O)O)OCCOCCOCCOCCO3)OCCOCCOCCOCCO2. The number of carboxylic acid groups (broad SMARTS) is 2. The standard InChI is InChI=1S/C36H46N2O16/c39-29(1-3-35(41)42)25-21-31-33(53-19-15-49-11-7-45-5-9-47-13-17-51-31)23-27(25)37-38-28-24-34-32(22-26(28)30(40)2-4-36(43)44)52-18-14-48-10-6-46-8-12-50-16-20-54-34/h21-24H,1-20H2,(H,41,42)(H,43,44). The summed E-state index contributed by atoms with van der Waals surface area (Å²) in [6, 6.07) is 5.63. The van der Waals surface area contributed by atoms with Crippen LogP contribution >= 0.6 is 0 Å². The number of hydrogen-bond donors (Lipinski definition) is 2. The Hall–Kier alpha value is -4.72. The summed E-state index contributed by atoms with van der Waals surface area (Å²) in [7, 11) is 0. The summed E-state index contributed by atoms with van der Waals surface area (Å²) in [6.45, 7) is 4.08. The number of fused-ring (bicyclic) bond motifs is 2. The summed E-state index contributed by atoms with van der Waals surface area (Å²) in [5, 5.41) is 27.2. The number of Topliss-reactive ketones (excluding diaryl/α,β-unsaturated/α-hetero) is 2. The summed E-state index contributed by atoms with van der Waals surface area (Å²) in [5.41, 5.74) is -0.0542. The summed E-state index contributed by atoms with van der Waals surface area (Å²) in [6.07, 6.45) is -1.59. The monoisotopic (exact) mass is 762 g/mol. The minimum atomic E-state index is -1.17. The van der Waals surface area contributed by atoms with E-state index in [1.54, 1.807) is 0 Å². The van der Waals surface area contributed by atoms with Crippen molar-refractivity contribution in [2.75, 3.05) is 106 Å². The third kappa shape index (κ3) is 15.0. The van der Waals surface area contributed by atoms with E-state index in [-0.39, 0.29) is 111 Å². The van der Waals surface area contributed by atoms with E-state index >= 15 is 0 Å². The van der Waals surface area contributed by atoms with E-state index in [0.29, 0.717) is 52.9 Å². The van der Waals surface area contributed by atoms with Crippen molar-refractivity contribution in [2.45, 2.75) is 25.7 Å². The van der Waals surface area contributed by atoms with E-state index in [4.69, 9.17) is 47.4 Å². The fourth-order valence-electron chi connectivity index (χ4n) is 4.91. The third-order valence-corrected chi connectivity index (χ3v) is 7.55. The Labute approximate surface area is 311 Å². The van der Waals surface area contributed by atoms with Crippen LogP contribution in [-0.4, -0.2) is 139 Å². The Morgan fingerprint density at radius 1 is 0.407 bits per heavy atom. The number of nitrogens with zero attached hydrogens (tertiary/aromatic N) is 2. The van der Waals surface area contributed by atoms with Gasteiger partial charge in [-0.2, -0.15) is 0 Å². The van der Waals surface area contributed by atoms with Crippen LogP contribution in [-0.2, 0) is 38.0 Å². The molecule has 2 aliphatic heterocycles. The van der Waals surface area contributed by atoms with Crippen molar-refractivity contribution in [3.8, 4) is 23.0 Å². The summed E-state index contributed by atoms with van der Waals surface area (Å²) < 4.78 is 56.8. The zero-order chi connectivity index (χ0) is 38.4. The van der Waals surface area contributed by atoms with Gasteiger partial charge in [-0.15, -0.1) is 10.2 Å². The van der Waals surface area contributed by atoms with E-state index in [1.807, 2.05) is 0 Å². The lowest BCUT2D eigenvalue weighted by atomic mass is 10.0. The quantitative estimate of drug-likeness (QED) is 0.259. The zero-order valence-corrected chi connectivity index (χ0v) is 30.0. The maximum atomic E-state index is 13.4. The number of ether oxygens (including phenoxy) is 10. The predicted molar refractivity (Wildman–Crippen MR) is 186 cm³/mol. The van der Waals surface area contributed by atoms with Crippen LogP contribution in [0.2, 0.25) is 0 Å². The lowest BCUT2D eigenvalue weighted by Gasteiger charge is -2.16. The highest BCUT2D eigenvalue weighted by Gasteiger charge is 2.22. The number of rotatable bonds is 10. The van der Waals surface area contributed by atoms with Gasteiger partial charge in [0.25, 0.3) is 0 Å². The molecule has 2 aromatic carbocycles. The molecule has 0 spiro atoms. The first-order valence-electron chi connectivity index (χ1n) is 17.6. The summed E-state index contributed by atoms with van der Waals surface area (Å²) >= 11 is 0. The Kier molecular flexibility index (Phi) is 18.6. The molecular formula is C36H46N2O16. The van der Waals surface area contributed by atoms with Crippen LogP contribution in [0.15, 0.2) is 34.5 Å². The highest BCUT2D eigenvalue weighted by atomic mass is 16.6. The van der Waals surface area contributed by atoms with Crippen molar-refractivity contribution in [2.24, 2.45) is 10.2 Å². The molecule has 4 rings (SSSR count). The molecule has 18 nitrogen and oxygen atoms in total. The van der Waals surface area contributed by atoms with Crippen LogP contribution < -0.4 is 18.9 Å². The summed E-state index contributed by atoms with van der Waals surface area (Å²) in [4.78, 5) is 49.6. The van der Waals surface area contributed by atoms with E-state index < -0.39 is 36.3 Å². The van der Waals surface area contributed by atoms with E-state index in [2.05, 4.69) is 10.2 Å². The smallest absolute Gasteiger partial charge is 0.303 e. The molecule has 0 unspecified atom stereocenters. The number of hydrogen-bond acceptors (Lipinski definition) is 16. The second kappa shape index (κ2) is 23.8. The van der Waals surface area contributed by atoms with Gasteiger partial charge < -0.3 is 57.6 Å². The topological polar surface area (TPSA) is 226 Å². The highest BCUT2D eigenvalue weighted by molar-refractivity contribution is 6.03. The third-order valence-electron chi connectivity index (χ3n) is 7.55. The van der Waals surface area contributed by atoms with Crippen molar-refractivity contribution >= 4 is 34.9 Å². The molecule has 0 saturated carbocycles. The largest absolute Gasteiger partial charge is 0.487 e. The van der Waals surface area contributed by atoms with Crippen molar-refractivity contribution in [3.05, 3.63) is 35.4 Å². The normalized spacial score (nSPS) is 17.3. The molecule has 0 bridgehead atoms. The lowest BCUT2D eigenvalue weighted by molar-refractivity contribution is -0.137. The van der Waals surface area contributed by atoms with Gasteiger partial charge in [-0.3, -0.25) is 19.2 Å². The Morgan fingerprint density at radius 2 is 0.667 bits per heavy atom. The molecule has 2 aromatic rings. The number of ketones is 2. The fraction of sp³-hybridized carbons (Fsp3) is 0.556. The van der Waals surface area contributed by atoms with Gasteiger partial charge in [0.2, 0.25) is 0 Å². The molecule has 0 aliphatic carbocycles. The van der Waals surface area contributed by atoms with Gasteiger partial charge in [-0.05, 0) is 12.1 Å². The van der Waals surface area contributed by atoms with Gasteiger partial charge in [-0.25, -0.2) is 0 Å². The first-order valence-corrected chi connectivity index (χ1v) is 17.6. The van der Waals surface area contributed by atoms with Crippen LogP contribution in [0.4, 0.5) is 11.4 Å². The van der Waals surface area contributed by atoms with Crippen LogP contribution in [0.25, 0.3) is 0 Å². The lowest BCUT2D eigenvalue weighted by Crippen LogP contribution is -2.13. The van der Waals surface area contributed by atoms with Crippen LogP contribution in [0, 0.1) is 0 Å². The van der Waals surface area contributed by atoms with Crippen molar-refractivity contribution in [1.29, 1.82) is 0 Å². The van der Waals surface area contributed by atoms with Gasteiger partial charge >= 0.3 is 11.9 Å². The number of carbonyl (C=O) groups excluding carboxylic acids is 2. The minimum absolute atomic E-state index is 0.0127. The van der Waals surface area contributed by atoms with Crippen molar-refractivity contribution in [1.82, 2.24) is 0 Å². The summed E-state index contributed by atoms with van der Waals surface area (Å²) in [5.74, 6) is -2.72. The van der Waals surface area contributed by atoms with E-state index in [0.717, 1.165) is 0 Å². The maximum absolute atomic E-state index is 13.4. The van der Waals surface area contributed by atoms with Gasteiger partial charge in [-0.1, -0.05) is 0 Å². The highest BCUT2D eigenvalue weighted by Crippen LogP contribution is 2.40. The molecule has 2 N–H and O–H groups in total. The molecule has 0 saturated heterocycles. The maximum Gasteiger partial charge on any atom is 0.303 e. The number of carbonyl (C=O) groups is 4. The molecule has 54 heavy (non-hydrogen) atoms. The first-order chi connectivity index (χ1) is 26.3. The van der Waals surface area contributed by atoms with E-state index in [9.17, 15) is 29.4 Å². The molecular weight excluding hydrogens is 716 g/mol. The molecule has 296 valence electrons. The number of benzene rings is 2. The van der Waals surface area contributed by atoms with Gasteiger partial charge in [0.1, 0.15) is 37.8 Å². The zero-order valence-electron chi connectivity index (χ0n) is 30.0. The first kappa shape index (κ1) is 42.0. The van der Waals surface area contributed by atoms with Crippen LogP contribution in [0.5, 0.6) is 23.0 Å². The van der Waals surface area contributed by atoms with Crippen molar-refractivity contribution < 1.29 is 76.8 Å². The molecule has 0 fully saturated rings. The molecule has 0 aromatic heterocycles. The fourth-order valence-corrected chi connectivity index (χ4v) is 4.91. The second-order valence-corrected chi connectivity index (χ2v) is 11.5. The van der Waals surface area contributed by atoms with E-state index in [1.165, 1.54) is 24.3 Å². The molecule has 18 heteroatoms. The second-order valence-electron chi connectivity index (χ2n) is 11.5. The van der Waals surface area contributed by atoms with Gasteiger partial charge in [0.05, 0.1) is 92.1 Å². The Morgan fingerprint density at radius 3 is 0.944 bits per heavy atom. The van der Waals surface area contributed by atoms with Gasteiger partial charge in [0, 0.05) is 36.1 Å². The van der Waals surface area contributed by atoms with Crippen molar-refractivity contribution in [3.63, 3.8) is 0 Å². The predicted octanol–water partition coefficient (Wildman–Crippen LogP) is 3.84. The Bertz CT molecular complexity index is 1450. The van der Waals surface area contributed by atoms with Gasteiger partial charge in [0.15, 0.2) is 34.6 Å². The average Bonchev–Trinajstić information content (AvgIpc) is 3.17. The molecule has 2 aliphatic rings. The van der Waals surface area contributed by atoms with Crippen LogP contribution in [0.3, 0.4) is 0 Å². The molecule has 0 radical (unpaired) electrons. The molecule has 0 amide bonds.